The summed E-state index contributed by atoms with van der Waals surface area (Å²) in [5.74, 6) is 2.79. The Morgan fingerprint density at radius 3 is 2.89 bits per heavy atom. The highest BCUT2D eigenvalue weighted by atomic mass is 32.1. The van der Waals surface area contributed by atoms with Gasteiger partial charge in [-0.15, -0.1) is 6.42 Å². The van der Waals surface area contributed by atoms with Gasteiger partial charge in [-0.3, -0.25) is 14.9 Å². The summed E-state index contributed by atoms with van der Waals surface area (Å²) in [5.41, 5.74) is 0.864. The van der Waals surface area contributed by atoms with Crippen LogP contribution in [0, 0.1) is 22.5 Å². The Kier molecular flexibility index (Phi) is 5.49. The Morgan fingerprint density at radius 1 is 1.41 bits per heavy atom. The highest BCUT2D eigenvalue weighted by Crippen LogP contribution is 2.25. The van der Waals surface area contributed by atoms with E-state index < -0.39 is 10.8 Å². The first-order valence-electron chi connectivity index (χ1n) is 7.63. The molecule has 0 aliphatic heterocycles. The third-order valence-electron chi connectivity index (χ3n) is 3.53. The SMILES string of the molecule is C#CCn1c(=NC(=O)/C=C\c2ccc([N+](=O)[O-])s2)sc2cc(OC)ccc21. The molecule has 1 aromatic carbocycles. The third kappa shape index (κ3) is 4.13. The van der Waals surface area contributed by atoms with Gasteiger partial charge >= 0.3 is 5.00 Å². The van der Waals surface area contributed by atoms with Crippen molar-refractivity contribution >= 4 is 49.9 Å². The second-order valence-electron chi connectivity index (χ2n) is 5.23. The molecule has 0 aliphatic carbocycles. The van der Waals surface area contributed by atoms with E-state index in [0.717, 1.165) is 21.6 Å². The van der Waals surface area contributed by atoms with E-state index in [-0.39, 0.29) is 11.5 Å². The van der Waals surface area contributed by atoms with Crippen LogP contribution in [0.3, 0.4) is 0 Å². The molecule has 1 amide bonds. The fourth-order valence-electron chi connectivity index (χ4n) is 2.32. The number of benzene rings is 1. The van der Waals surface area contributed by atoms with Crippen molar-refractivity contribution < 1.29 is 14.5 Å². The molecule has 9 heteroatoms. The Bertz CT molecular complexity index is 1160. The van der Waals surface area contributed by atoms with Crippen LogP contribution in [0.5, 0.6) is 5.75 Å². The average molecular weight is 399 g/mol. The van der Waals surface area contributed by atoms with Crippen LogP contribution in [0.4, 0.5) is 5.00 Å². The topological polar surface area (TPSA) is 86.7 Å². The molecule has 0 saturated carbocycles. The van der Waals surface area contributed by atoms with Crippen LogP contribution < -0.4 is 9.54 Å². The number of carbonyl (C=O) groups excluding carboxylic acids is 1. The summed E-state index contributed by atoms with van der Waals surface area (Å²) in [6, 6.07) is 8.52. The largest absolute Gasteiger partial charge is 0.497 e. The molecule has 27 heavy (non-hydrogen) atoms. The molecule has 0 atom stereocenters. The molecule has 2 aromatic heterocycles. The molecule has 0 bridgehead atoms. The molecular weight excluding hydrogens is 386 g/mol. The first-order chi connectivity index (χ1) is 13.0. The zero-order chi connectivity index (χ0) is 19.4. The molecule has 3 aromatic rings. The van der Waals surface area contributed by atoms with Crippen LogP contribution in [-0.4, -0.2) is 22.5 Å². The Balaban J connectivity index is 1.94. The molecule has 0 radical (unpaired) electrons. The molecule has 0 unspecified atom stereocenters. The van der Waals surface area contributed by atoms with E-state index in [2.05, 4.69) is 10.9 Å². The molecule has 0 N–H and O–H groups in total. The maximum absolute atomic E-state index is 12.2. The van der Waals surface area contributed by atoms with Crippen LogP contribution in [0.15, 0.2) is 41.4 Å². The number of hydrogen-bond acceptors (Lipinski definition) is 6. The third-order valence-corrected chi connectivity index (χ3v) is 5.57. The van der Waals surface area contributed by atoms with Crippen LogP contribution in [0.2, 0.25) is 0 Å². The van der Waals surface area contributed by atoms with Gasteiger partial charge < -0.3 is 9.30 Å². The van der Waals surface area contributed by atoms with E-state index in [9.17, 15) is 14.9 Å². The van der Waals surface area contributed by atoms with Crippen molar-refractivity contribution in [2.45, 2.75) is 6.54 Å². The number of aromatic nitrogens is 1. The zero-order valence-electron chi connectivity index (χ0n) is 14.1. The molecule has 0 fully saturated rings. The quantitative estimate of drug-likeness (QED) is 0.285. The smallest absolute Gasteiger partial charge is 0.324 e. The van der Waals surface area contributed by atoms with E-state index in [0.29, 0.717) is 15.4 Å². The van der Waals surface area contributed by atoms with Gasteiger partial charge in [0, 0.05) is 17.0 Å². The summed E-state index contributed by atoms with van der Waals surface area (Å²) in [7, 11) is 1.58. The van der Waals surface area contributed by atoms with Gasteiger partial charge in [-0.05, 0) is 30.3 Å². The molecule has 0 aliphatic rings. The summed E-state index contributed by atoms with van der Waals surface area (Å²) in [6.07, 6.45) is 8.23. The van der Waals surface area contributed by atoms with Crippen molar-refractivity contribution in [2.75, 3.05) is 7.11 Å². The van der Waals surface area contributed by atoms with E-state index >= 15 is 0 Å². The molecule has 2 heterocycles. The van der Waals surface area contributed by atoms with Gasteiger partial charge in [0.2, 0.25) is 0 Å². The number of ether oxygens (including phenoxy) is 1. The second kappa shape index (κ2) is 7.99. The van der Waals surface area contributed by atoms with Crippen molar-refractivity contribution in [2.24, 2.45) is 4.99 Å². The summed E-state index contributed by atoms with van der Waals surface area (Å²) < 4.78 is 7.90. The van der Waals surface area contributed by atoms with Gasteiger partial charge in [-0.25, -0.2) is 0 Å². The van der Waals surface area contributed by atoms with E-state index in [1.807, 2.05) is 18.2 Å². The fourth-order valence-corrected chi connectivity index (χ4v) is 4.11. The lowest BCUT2D eigenvalue weighted by molar-refractivity contribution is -0.380. The zero-order valence-corrected chi connectivity index (χ0v) is 15.8. The molecule has 7 nitrogen and oxygen atoms in total. The Morgan fingerprint density at radius 2 is 2.22 bits per heavy atom. The highest BCUT2D eigenvalue weighted by molar-refractivity contribution is 7.16. The van der Waals surface area contributed by atoms with Crippen molar-refractivity contribution in [3.05, 3.63) is 56.2 Å². The van der Waals surface area contributed by atoms with Crippen molar-refractivity contribution in [1.82, 2.24) is 4.57 Å². The molecule has 0 saturated heterocycles. The first kappa shape index (κ1) is 18.6. The number of nitrogens with zero attached hydrogens (tertiary/aromatic N) is 3. The van der Waals surface area contributed by atoms with E-state index in [1.54, 1.807) is 17.7 Å². The molecule has 0 spiro atoms. The standard InChI is InChI=1S/C18H13N3O4S2/c1-3-10-20-14-7-4-12(25-2)11-15(14)27-18(20)19-16(22)8-5-13-6-9-17(26-13)21(23)24/h1,4-9,11H,10H2,2H3/b8-5-,19-18?. The first-order valence-corrected chi connectivity index (χ1v) is 9.27. The Hall–Kier alpha value is -3.22. The summed E-state index contributed by atoms with van der Waals surface area (Å²) in [5, 5.41) is 10.7. The molecular formula is C18H13N3O4S2. The number of carbonyl (C=O) groups is 1. The second-order valence-corrected chi connectivity index (χ2v) is 7.33. The van der Waals surface area contributed by atoms with Crippen molar-refractivity contribution in [3.8, 4) is 18.1 Å². The van der Waals surface area contributed by atoms with Gasteiger partial charge in [0.15, 0.2) is 4.80 Å². The predicted octanol–water partition coefficient (Wildman–Crippen LogP) is 3.46. The van der Waals surface area contributed by atoms with E-state index in [1.165, 1.54) is 29.6 Å². The number of thiophene rings is 1. The average Bonchev–Trinajstić information content (AvgIpc) is 3.25. The highest BCUT2D eigenvalue weighted by Gasteiger charge is 2.09. The van der Waals surface area contributed by atoms with E-state index in [4.69, 9.17) is 11.2 Å². The number of nitro groups is 1. The van der Waals surface area contributed by atoms with Crippen LogP contribution in [-0.2, 0) is 11.3 Å². The summed E-state index contributed by atoms with van der Waals surface area (Å²) in [4.78, 5) is 27.6. The number of hydrogen-bond donors (Lipinski definition) is 0. The normalized spacial score (nSPS) is 11.8. The van der Waals surface area contributed by atoms with Crippen LogP contribution in [0.25, 0.3) is 16.3 Å². The molecule has 3 rings (SSSR count). The van der Waals surface area contributed by atoms with Gasteiger partial charge in [0.25, 0.3) is 5.91 Å². The summed E-state index contributed by atoms with van der Waals surface area (Å²) >= 11 is 2.32. The number of thiazole rings is 1. The number of fused-ring (bicyclic) bond motifs is 1. The lowest BCUT2D eigenvalue weighted by atomic mass is 10.3. The fraction of sp³-hybridized carbons (Fsp3) is 0.111. The summed E-state index contributed by atoms with van der Waals surface area (Å²) in [6.45, 7) is 0.277. The predicted molar refractivity (Wildman–Crippen MR) is 106 cm³/mol. The maximum Gasteiger partial charge on any atom is 0.324 e. The number of methoxy groups -OCH3 is 1. The minimum atomic E-state index is -0.477. The van der Waals surface area contributed by atoms with Gasteiger partial charge in [-0.2, -0.15) is 4.99 Å². The van der Waals surface area contributed by atoms with Crippen molar-refractivity contribution in [3.63, 3.8) is 0 Å². The monoisotopic (exact) mass is 399 g/mol. The van der Waals surface area contributed by atoms with Gasteiger partial charge in [0.1, 0.15) is 5.75 Å². The lowest BCUT2D eigenvalue weighted by Gasteiger charge is -2.01. The van der Waals surface area contributed by atoms with Gasteiger partial charge in [-0.1, -0.05) is 28.6 Å². The minimum absolute atomic E-state index is 0.0179. The van der Waals surface area contributed by atoms with Crippen molar-refractivity contribution in [1.29, 1.82) is 0 Å². The maximum atomic E-state index is 12.2. The van der Waals surface area contributed by atoms with Gasteiger partial charge in [0.05, 0.1) is 28.8 Å². The molecule has 136 valence electrons. The number of rotatable bonds is 5. The number of terminal acetylenes is 1. The minimum Gasteiger partial charge on any atom is -0.497 e. The lowest BCUT2D eigenvalue weighted by Crippen LogP contribution is -2.15. The van der Waals surface area contributed by atoms with Crippen LogP contribution >= 0.6 is 22.7 Å². The van der Waals surface area contributed by atoms with Crippen LogP contribution in [0.1, 0.15) is 4.88 Å². The number of amides is 1. The Labute approximate surface area is 162 Å².